The highest BCUT2D eigenvalue weighted by Gasteiger charge is 2.48. The van der Waals surface area contributed by atoms with Crippen LogP contribution in [0.1, 0.15) is 22.0 Å². The minimum Gasteiger partial charge on any atom is -0.507 e. The Balaban J connectivity index is 1.92. The zero-order valence-corrected chi connectivity index (χ0v) is 16.6. The summed E-state index contributed by atoms with van der Waals surface area (Å²) in [5.74, 6) is -1.17. The molecule has 28 heavy (non-hydrogen) atoms. The number of aliphatic hydroxyl groups excluding tert-OH is 1. The number of carbonyl (C=O) groups excluding carboxylic acids is 2. The number of methoxy groups -OCH3 is 1. The maximum atomic E-state index is 12.9. The predicted molar refractivity (Wildman–Crippen MR) is 107 cm³/mol. The van der Waals surface area contributed by atoms with Crippen molar-refractivity contribution < 1.29 is 19.4 Å². The van der Waals surface area contributed by atoms with E-state index in [0.29, 0.717) is 16.4 Å². The first-order chi connectivity index (χ1) is 13.5. The Kier molecular flexibility index (Phi) is 4.70. The fraction of sp³-hybridized carbons (Fsp3) is 0.158. The molecule has 0 aliphatic carbocycles. The third-order valence-corrected chi connectivity index (χ3v) is 6.11. The summed E-state index contributed by atoms with van der Waals surface area (Å²) in [5, 5.41) is 20.9. The van der Waals surface area contributed by atoms with Gasteiger partial charge in [-0.25, -0.2) is 0 Å². The van der Waals surface area contributed by atoms with Crippen LogP contribution in [0.25, 0.3) is 5.76 Å². The number of amides is 1. The maximum absolute atomic E-state index is 12.9. The predicted octanol–water partition coefficient (Wildman–Crippen LogP) is 3.54. The number of thiophene rings is 1. The molecule has 2 aromatic heterocycles. The zero-order valence-electron chi connectivity index (χ0n) is 14.9. The van der Waals surface area contributed by atoms with Crippen molar-refractivity contribution >= 4 is 45.3 Å². The van der Waals surface area contributed by atoms with Crippen LogP contribution in [0.2, 0.25) is 0 Å². The monoisotopic (exact) mass is 413 g/mol. The molecule has 1 N–H and O–H groups in total. The number of aryl methyl sites for hydroxylation is 1. The number of nitrogens with zero attached hydrogens (tertiary/aromatic N) is 3. The fourth-order valence-electron chi connectivity index (χ4n) is 3.14. The van der Waals surface area contributed by atoms with E-state index in [2.05, 4.69) is 10.2 Å². The van der Waals surface area contributed by atoms with Crippen molar-refractivity contribution in [1.29, 1.82) is 0 Å². The molecule has 0 bridgehead atoms. The summed E-state index contributed by atoms with van der Waals surface area (Å²) in [7, 11) is 1.53. The fourth-order valence-corrected chi connectivity index (χ4v) is 4.55. The average Bonchev–Trinajstić information content (AvgIpc) is 3.44. The lowest BCUT2D eigenvalue weighted by Gasteiger charge is -2.21. The second-order valence-electron chi connectivity index (χ2n) is 6.09. The number of ether oxygens (including phenoxy) is 1. The number of ketones is 1. The largest absolute Gasteiger partial charge is 0.507 e. The van der Waals surface area contributed by atoms with Gasteiger partial charge in [-0.3, -0.25) is 14.5 Å². The highest BCUT2D eigenvalue weighted by molar-refractivity contribution is 7.13. The topological polar surface area (TPSA) is 92.6 Å². The molecule has 9 heteroatoms. The van der Waals surface area contributed by atoms with Crippen molar-refractivity contribution in [3.8, 4) is 5.75 Å². The van der Waals surface area contributed by atoms with Crippen LogP contribution >= 0.6 is 22.7 Å². The summed E-state index contributed by atoms with van der Waals surface area (Å²) in [4.78, 5) is 27.7. The van der Waals surface area contributed by atoms with Gasteiger partial charge < -0.3 is 9.84 Å². The number of Topliss-reactive ketones (excluding diaryl/α,β-unsaturated/α-hetero) is 1. The Labute approximate surface area is 168 Å². The number of anilines is 1. The molecule has 3 aromatic rings. The molecule has 1 aliphatic rings. The molecule has 0 radical (unpaired) electrons. The molecule has 0 saturated carbocycles. The third kappa shape index (κ3) is 2.88. The third-order valence-electron chi connectivity index (χ3n) is 4.49. The summed E-state index contributed by atoms with van der Waals surface area (Å²) >= 11 is 2.55. The van der Waals surface area contributed by atoms with Crippen LogP contribution in [0.3, 0.4) is 0 Å². The van der Waals surface area contributed by atoms with Gasteiger partial charge in [-0.15, -0.1) is 21.5 Å². The smallest absolute Gasteiger partial charge is 0.301 e. The molecule has 4 rings (SSSR count). The van der Waals surface area contributed by atoms with Gasteiger partial charge in [0.15, 0.2) is 0 Å². The average molecular weight is 413 g/mol. The molecule has 1 amide bonds. The zero-order chi connectivity index (χ0) is 19.8. The van der Waals surface area contributed by atoms with Gasteiger partial charge in [0.05, 0.1) is 12.7 Å². The second-order valence-corrected chi connectivity index (χ2v) is 7.88. The molecule has 0 spiro atoms. The number of benzene rings is 1. The van der Waals surface area contributed by atoms with E-state index in [1.54, 1.807) is 18.2 Å². The molecule has 1 unspecified atom stereocenters. The second kappa shape index (κ2) is 7.17. The summed E-state index contributed by atoms with van der Waals surface area (Å²) in [6.07, 6.45) is 0. The number of hydrogen-bond acceptors (Lipinski definition) is 8. The number of aromatic nitrogens is 2. The quantitative estimate of drug-likeness (QED) is 0.400. The minimum absolute atomic E-state index is 0.0218. The number of hydrogen-bond donors (Lipinski definition) is 1. The van der Waals surface area contributed by atoms with E-state index in [-0.39, 0.29) is 11.3 Å². The first-order valence-electron chi connectivity index (χ1n) is 8.28. The highest BCUT2D eigenvalue weighted by Crippen LogP contribution is 2.44. The Bertz CT molecular complexity index is 1070. The van der Waals surface area contributed by atoms with Crippen LogP contribution in [0.15, 0.2) is 46.8 Å². The van der Waals surface area contributed by atoms with Gasteiger partial charge in [0.25, 0.3) is 5.78 Å². The van der Waals surface area contributed by atoms with Gasteiger partial charge >= 0.3 is 5.91 Å². The number of carbonyl (C=O) groups is 2. The lowest BCUT2D eigenvalue weighted by atomic mass is 9.99. The molecule has 1 aliphatic heterocycles. The van der Waals surface area contributed by atoms with Gasteiger partial charge in [-0.1, -0.05) is 29.5 Å². The molecule has 1 fully saturated rings. The molecule has 7 nitrogen and oxygen atoms in total. The van der Waals surface area contributed by atoms with Crippen LogP contribution in [0.4, 0.5) is 5.13 Å². The van der Waals surface area contributed by atoms with Crippen molar-refractivity contribution in [3.63, 3.8) is 0 Å². The van der Waals surface area contributed by atoms with E-state index < -0.39 is 17.7 Å². The van der Waals surface area contributed by atoms with Gasteiger partial charge in [-0.05, 0) is 30.0 Å². The molecule has 142 valence electrons. The van der Waals surface area contributed by atoms with Crippen LogP contribution in [0.5, 0.6) is 5.75 Å². The Morgan fingerprint density at radius 2 is 2.07 bits per heavy atom. The first-order valence-corrected chi connectivity index (χ1v) is 10.0. The van der Waals surface area contributed by atoms with E-state index in [4.69, 9.17) is 4.74 Å². The van der Waals surface area contributed by atoms with Gasteiger partial charge in [0.1, 0.15) is 23.1 Å². The lowest BCUT2D eigenvalue weighted by molar-refractivity contribution is -0.132. The molecular formula is C19H15N3O4S2. The van der Waals surface area contributed by atoms with Crippen LogP contribution in [-0.2, 0) is 9.59 Å². The SMILES string of the molecule is COc1cc(/C(O)=C2\C(=O)C(=O)N(c3nncs3)C2c2cccs2)ccc1C. The van der Waals surface area contributed by atoms with E-state index in [0.717, 1.165) is 21.8 Å². The van der Waals surface area contributed by atoms with Crippen LogP contribution in [0, 0.1) is 6.92 Å². The van der Waals surface area contributed by atoms with Gasteiger partial charge in [0.2, 0.25) is 5.13 Å². The Hall–Kier alpha value is -3.04. The lowest BCUT2D eigenvalue weighted by Crippen LogP contribution is -2.29. The van der Waals surface area contributed by atoms with Crippen LogP contribution < -0.4 is 9.64 Å². The summed E-state index contributed by atoms with van der Waals surface area (Å²) in [6.45, 7) is 1.88. The highest BCUT2D eigenvalue weighted by atomic mass is 32.1. The number of aliphatic hydroxyl groups is 1. The standard InChI is InChI=1S/C19H15N3O4S2/c1-10-5-6-11(8-12(10)26-2)16(23)14-15(13-4-3-7-27-13)22(18(25)17(14)24)19-21-20-9-28-19/h3-9,15,23H,1-2H3/b16-14+. The maximum Gasteiger partial charge on any atom is 0.301 e. The van der Waals surface area contributed by atoms with E-state index in [1.165, 1.54) is 28.9 Å². The van der Waals surface area contributed by atoms with Crippen molar-refractivity contribution in [1.82, 2.24) is 10.2 Å². The summed E-state index contributed by atoms with van der Waals surface area (Å²) < 4.78 is 5.31. The van der Waals surface area contributed by atoms with Crippen molar-refractivity contribution in [2.24, 2.45) is 0 Å². The molecule has 1 atom stereocenters. The van der Waals surface area contributed by atoms with Crippen molar-refractivity contribution in [2.45, 2.75) is 13.0 Å². The summed E-state index contributed by atoms with van der Waals surface area (Å²) in [5.41, 5.74) is 2.81. The first kappa shape index (κ1) is 18.3. The van der Waals surface area contributed by atoms with Gasteiger partial charge in [-0.2, -0.15) is 0 Å². The van der Waals surface area contributed by atoms with Crippen molar-refractivity contribution in [3.05, 3.63) is 62.8 Å². The van der Waals surface area contributed by atoms with Gasteiger partial charge in [0, 0.05) is 10.4 Å². The Morgan fingerprint density at radius 1 is 1.25 bits per heavy atom. The molecule has 1 saturated heterocycles. The van der Waals surface area contributed by atoms with Crippen LogP contribution in [-0.4, -0.2) is 34.1 Å². The van der Waals surface area contributed by atoms with E-state index in [9.17, 15) is 14.7 Å². The minimum atomic E-state index is -0.764. The number of rotatable bonds is 4. The van der Waals surface area contributed by atoms with E-state index in [1.807, 2.05) is 24.4 Å². The summed E-state index contributed by atoms with van der Waals surface area (Å²) in [6, 6.07) is 8.01. The van der Waals surface area contributed by atoms with Crippen molar-refractivity contribution in [2.75, 3.05) is 12.0 Å². The normalized spacial score (nSPS) is 18.6. The van der Waals surface area contributed by atoms with E-state index >= 15 is 0 Å². The molecule has 3 heterocycles. The Morgan fingerprint density at radius 3 is 2.71 bits per heavy atom. The molecular weight excluding hydrogens is 398 g/mol. The molecule has 1 aromatic carbocycles.